The lowest BCUT2D eigenvalue weighted by Gasteiger charge is -2.56. The summed E-state index contributed by atoms with van der Waals surface area (Å²) in [5.74, 6) is -0.00468. The molecule has 4 aliphatic rings. The third kappa shape index (κ3) is 3.90. The highest BCUT2D eigenvalue weighted by Gasteiger charge is 2.51. The van der Waals surface area contributed by atoms with Crippen LogP contribution in [-0.2, 0) is 22.3 Å². The zero-order valence-electron chi connectivity index (χ0n) is 17.0. The summed E-state index contributed by atoms with van der Waals surface area (Å²) in [6.45, 7) is -0.590. The second-order valence-corrected chi connectivity index (χ2v) is 9.70. The van der Waals surface area contributed by atoms with Crippen LogP contribution in [0.1, 0.15) is 50.8 Å². The van der Waals surface area contributed by atoms with Crippen molar-refractivity contribution in [3.05, 3.63) is 30.1 Å². The number of hydrazine groups is 1. The number of hydrogen-bond donors (Lipinski definition) is 2. The highest BCUT2D eigenvalue weighted by molar-refractivity contribution is 5.84. The van der Waals surface area contributed by atoms with Gasteiger partial charge in [-0.15, -0.1) is 0 Å². The fourth-order valence-corrected chi connectivity index (χ4v) is 6.67. The average Bonchev–Trinajstić information content (AvgIpc) is 3.04. The first kappa shape index (κ1) is 20.3. The Morgan fingerprint density at radius 1 is 1.00 bits per heavy atom. The Morgan fingerprint density at radius 2 is 1.58 bits per heavy atom. The van der Waals surface area contributed by atoms with Crippen LogP contribution in [0.2, 0.25) is 0 Å². The third-order valence-electron chi connectivity index (χ3n) is 7.25. The van der Waals surface area contributed by atoms with Crippen LogP contribution in [-0.4, -0.2) is 21.4 Å². The Hall–Kier alpha value is -2.58. The fraction of sp³-hybridized carbons (Fsp3) is 0.591. The molecule has 0 unspecified atom stereocenters. The Kier molecular flexibility index (Phi) is 4.75. The van der Waals surface area contributed by atoms with Crippen LogP contribution in [0, 0.1) is 23.2 Å². The summed E-state index contributed by atoms with van der Waals surface area (Å²) in [4.78, 5) is 28.5. The Labute approximate surface area is 177 Å². The number of rotatable bonds is 4. The van der Waals surface area contributed by atoms with Gasteiger partial charge in [0.1, 0.15) is 6.54 Å². The maximum atomic E-state index is 13.4. The standard InChI is InChI=1S/C22H25F3N4O2/c23-22(24,25)20-26-16-3-1-2-4-17(16)29(20)12-19(31)28-27-18(30)11-21-8-13-5-14(9-21)7-15(6-13)10-21/h1-4,13-15H,5-12H2,(H,27,30)(H,28,31). The number of nitrogens with one attached hydrogen (secondary N) is 2. The number of halogens is 3. The van der Waals surface area contributed by atoms with Crippen molar-refractivity contribution in [2.75, 3.05) is 0 Å². The number of carbonyl (C=O) groups is 2. The number of hydrogen-bond acceptors (Lipinski definition) is 3. The van der Waals surface area contributed by atoms with Crippen molar-refractivity contribution in [1.29, 1.82) is 0 Å². The van der Waals surface area contributed by atoms with Gasteiger partial charge in [0.05, 0.1) is 11.0 Å². The summed E-state index contributed by atoms with van der Waals surface area (Å²) in [5.41, 5.74) is 5.11. The summed E-state index contributed by atoms with van der Waals surface area (Å²) >= 11 is 0. The van der Waals surface area contributed by atoms with E-state index in [1.807, 2.05) is 0 Å². The van der Waals surface area contributed by atoms with Gasteiger partial charge in [0.2, 0.25) is 11.7 Å². The van der Waals surface area contributed by atoms with E-state index in [1.165, 1.54) is 31.4 Å². The third-order valence-corrected chi connectivity index (χ3v) is 7.25. The van der Waals surface area contributed by atoms with Gasteiger partial charge in [-0.2, -0.15) is 13.2 Å². The molecule has 1 aromatic carbocycles. The van der Waals surface area contributed by atoms with E-state index in [2.05, 4.69) is 15.8 Å². The average molecular weight is 434 g/mol. The minimum absolute atomic E-state index is 0.0214. The lowest BCUT2D eigenvalue weighted by molar-refractivity contribution is -0.147. The quantitative estimate of drug-likeness (QED) is 0.719. The Morgan fingerprint density at radius 3 is 2.19 bits per heavy atom. The summed E-state index contributed by atoms with van der Waals surface area (Å²) in [6, 6.07) is 6.12. The number of nitrogens with zero attached hydrogens (tertiary/aromatic N) is 2. The van der Waals surface area contributed by atoms with Gasteiger partial charge in [-0.1, -0.05) is 12.1 Å². The highest BCUT2D eigenvalue weighted by atomic mass is 19.4. The first-order chi connectivity index (χ1) is 14.7. The molecule has 0 aliphatic heterocycles. The van der Waals surface area contributed by atoms with Gasteiger partial charge in [0.15, 0.2) is 0 Å². The number of carbonyl (C=O) groups excluding carboxylic acids is 2. The van der Waals surface area contributed by atoms with Crippen molar-refractivity contribution in [1.82, 2.24) is 20.4 Å². The molecule has 2 amide bonds. The molecule has 0 saturated heterocycles. The number of amides is 2. The number of imidazole rings is 1. The molecular weight excluding hydrogens is 409 g/mol. The molecule has 166 valence electrons. The molecule has 0 radical (unpaired) electrons. The minimum atomic E-state index is -4.69. The van der Waals surface area contributed by atoms with Gasteiger partial charge in [-0.25, -0.2) is 4.98 Å². The molecule has 4 aliphatic carbocycles. The van der Waals surface area contributed by atoms with Gasteiger partial charge in [-0.3, -0.25) is 20.4 Å². The molecule has 1 aromatic heterocycles. The summed E-state index contributed by atoms with van der Waals surface area (Å²) in [5, 5.41) is 0. The summed E-state index contributed by atoms with van der Waals surface area (Å²) in [7, 11) is 0. The SMILES string of the molecule is O=C(Cn1c(C(F)(F)F)nc2ccccc21)NNC(=O)CC12CC3CC(CC(C3)C1)C2. The number of para-hydroxylation sites is 2. The van der Waals surface area contributed by atoms with Crippen LogP contribution in [0.15, 0.2) is 24.3 Å². The van der Waals surface area contributed by atoms with E-state index in [-0.39, 0.29) is 22.4 Å². The molecule has 4 bridgehead atoms. The predicted octanol–water partition coefficient (Wildman–Crippen LogP) is 3.81. The van der Waals surface area contributed by atoms with Crippen molar-refractivity contribution in [3.63, 3.8) is 0 Å². The van der Waals surface area contributed by atoms with E-state index in [9.17, 15) is 22.8 Å². The van der Waals surface area contributed by atoms with Gasteiger partial charge < -0.3 is 4.57 Å². The topological polar surface area (TPSA) is 76.0 Å². The molecule has 9 heteroatoms. The highest BCUT2D eigenvalue weighted by Crippen LogP contribution is 2.61. The van der Waals surface area contributed by atoms with Gasteiger partial charge in [-0.05, 0) is 73.8 Å². The maximum Gasteiger partial charge on any atom is 0.449 e. The van der Waals surface area contributed by atoms with E-state index in [0.717, 1.165) is 23.8 Å². The Balaban J connectivity index is 1.22. The van der Waals surface area contributed by atoms with Gasteiger partial charge in [0.25, 0.3) is 5.91 Å². The van der Waals surface area contributed by atoms with E-state index >= 15 is 0 Å². The van der Waals surface area contributed by atoms with Crippen molar-refractivity contribution in [3.8, 4) is 0 Å². The molecule has 1 heterocycles. The van der Waals surface area contributed by atoms with Crippen molar-refractivity contribution in [2.24, 2.45) is 23.2 Å². The van der Waals surface area contributed by atoms with E-state index in [1.54, 1.807) is 12.1 Å². The number of aromatic nitrogens is 2. The van der Waals surface area contributed by atoms with Crippen LogP contribution in [0.3, 0.4) is 0 Å². The van der Waals surface area contributed by atoms with E-state index in [0.29, 0.717) is 24.2 Å². The van der Waals surface area contributed by atoms with E-state index in [4.69, 9.17) is 0 Å². The van der Waals surface area contributed by atoms with Gasteiger partial charge >= 0.3 is 6.18 Å². The first-order valence-corrected chi connectivity index (χ1v) is 10.8. The zero-order chi connectivity index (χ0) is 21.8. The zero-order valence-corrected chi connectivity index (χ0v) is 17.0. The molecular formula is C22H25F3N4O2. The molecule has 4 saturated carbocycles. The number of benzene rings is 1. The largest absolute Gasteiger partial charge is 0.449 e. The maximum absolute atomic E-state index is 13.4. The second-order valence-electron chi connectivity index (χ2n) is 9.70. The lowest BCUT2D eigenvalue weighted by atomic mass is 9.49. The molecule has 0 spiro atoms. The Bertz CT molecular complexity index is 994. The first-order valence-electron chi connectivity index (χ1n) is 10.8. The summed E-state index contributed by atoms with van der Waals surface area (Å²) < 4.78 is 41.0. The molecule has 0 atom stereocenters. The van der Waals surface area contributed by atoms with Crippen LogP contribution in [0.4, 0.5) is 13.2 Å². The van der Waals surface area contributed by atoms with E-state index < -0.39 is 24.5 Å². The molecule has 2 N–H and O–H groups in total. The van der Waals surface area contributed by atoms with Gasteiger partial charge in [0, 0.05) is 6.42 Å². The molecule has 31 heavy (non-hydrogen) atoms. The fourth-order valence-electron chi connectivity index (χ4n) is 6.67. The van der Waals surface area contributed by atoms with Crippen molar-refractivity contribution >= 4 is 22.8 Å². The molecule has 6 nitrogen and oxygen atoms in total. The smallest absolute Gasteiger partial charge is 0.311 e. The molecule has 6 rings (SSSR count). The lowest BCUT2D eigenvalue weighted by Crippen LogP contribution is -2.50. The number of fused-ring (bicyclic) bond motifs is 1. The van der Waals surface area contributed by atoms with Crippen LogP contribution in [0.25, 0.3) is 11.0 Å². The van der Waals surface area contributed by atoms with Crippen molar-refractivity contribution in [2.45, 2.75) is 57.7 Å². The van der Waals surface area contributed by atoms with Crippen molar-refractivity contribution < 1.29 is 22.8 Å². The minimum Gasteiger partial charge on any atom is -0.311 e. The molecule has 2 aromatic rings. The molecule has 4 fully saturated rings. The normalized spacial score (nSPS) is 29.3. The predicted molar refractivity (Wildman–Crippen MR) is 106 cm³/mol. The monoisotopic (exact) mass is 434 g/mol. The second kappa shape index (κ2) is 7.24. The van der Waals surface area contributed by atoms with Crippen LogP contribution >= 0.6 is 0 Å². The summed E-state index contributed by atoms with van der Waals surface area (Å²) in [6.07, 6.45) is 2.69. The number of alkyl halides is 3. The van der Waals surface area contributed by atoms with Crippen LogP contribution < -0.4 is 10.9 Å². The van der Waals surface area contributed by atoms with Crippen LogP contribution in [0.5, 0.6) is 0 Å².